The van der Waals surface area contributed by atoms with Gasteiger partial charge in [0.15, 0.2) is 9.84 Å². The number of halogens is 1. The molecule has 2 amide bonds. The summed E-state index contributed by atoms with van der Waals surface area (Å²) in [5.74, 6) is -1.58. The van der Waals surface area contributed by atoms with Gasteiger partial charge in [-0.3, -0.25) is 9.59 Å². The summed E-state index contributed by atoms with van der Waals surface area (Å²) in [5.41, 5.74) is 0. The molecule has 0 unspecified atom stereocenters. The van der Waals surface area contributed by atoms with Gasteiger partial charge in [0.1, 0.15) is 18.5 Å². The van der Waals surface area contributed by atoms with Crippen LogP contribution in [-0.2, 0) is 29.4 Å². The molecule has 1 N–H and O–H groups in total. The molecule has 9 nitrogen and oxygen atoms in total. The Bertz CT molecular complexity index is 1340. The Hall–Kier alpha value is -2.47. The van der Waals surface area contributed by atoms with Crippen molar-refractivity contribution in [3.8, 4) is 0 Å². The molecule has 0 radical (unpaired) electrons. The summed E-state index contributed by atoms with van der Waals surface area (Å²) in [4.78, 5) is 27.5. The molecule has 0 bridgehead atoms. The van der Waals surface area contributed by atoms with Crippen LogP contribution in [-0.4, -0.2) is 69.2 Å². The van der Waals surface area contributed by atoms with Crippen LogP contribution in [0.15, 0.2) is 53.6 Å². The van der Waals surface area contributed by atoms with E-state index in [1.807, 2.05) is 0 Å². The summed E-state index contributed by atoms with van der Waals surface area (Å²) >= 11 is 5.96. The van der Waals surface area contributed by atoms with E-state index in [1.54, 1.807) is 30.3 Å². The maximum atomic E-state index is 12.9. The van der Waals surface area contributed by atoms with Gasteiger partial charge in [-0.2, -0.15) is 4.72 Å². The standard InChI is InChI=1S/C20H20ClN3O6S2/c21-16-5-3-15-11-17(6-4-14(15)10-16)32(29,30)22-18-2-1-7-23(20(18)26)12-19(25)24-8-9-31(27,28)13-24/h1,3-7,10-11,18,22H,2,8-9,12-13H2/t18-/m0/s1. The maximum absolute atomic E-state index is 12.9. The quantitative estimate of drug-likeness (QED) is 0.660. The summed E-state index contributed by atoms with van der Waals surface area (Å²) in [6.45, 7) is -0.282. The van der Waals surface area contributed by atoms with Crippen LogP contribution in [0.2, 0.25) is 5.02 Å². The highest BCUT2D eigenvalue weighted by molar-refractivity contribution is 7.91. The van der Waals surface area contributed by atoms with Crippen LogP contribution in [0.25, 0.3) is 10.8 Å². The Morgan fingerprint density at radius 3 is 2.59 bits per heavy atom. The zero-order chi connectivity index (χ0) is 23.1. The molecule has 12 heteroatoms. The fourth-order valence-corrected chi connectivity index (χ4v) is 6.40. The van der Waals surface area contributed by atoms with Gasteiger partial charge in [-0.25, -0.2) is 16.8 Å². The van der Waals surface area contributed by atoms with Crippen molar-refractivity contribution in [1.29, 1.82) is 0 Å². The highest BCUT2D eigenvalue weighted by atomic mass is 35.5. The Kier molecular flexibility index (Phi) is 6.01. The van der Waals surface area contributed by atoms with Gasteiger partial charge in [0.05, 0.1) is 10.6 Å². The zero-order valence-electron chi connectivity index (χ0n) is 16.8. The number of rotatable bonds is 5. The van der Waals surface area contributed by atoms with E-state index in [2.05, 4.69) is 4.72 Å². The second-order valence-electron chi connectivity index (χ2n) is 7.65. The minimum atomic E-state index is -4.02. The lowest BCUT2D eigenvalue weighted by Crippen LogP contribution is -2.51. The van der Waals surface area contributed by atoms with Gasteiger partial charge in [-0.05, 0) is 41.5 Å². The van der Waals surface area contributed by atoms with Crippen molar-refractivity contribution in [2.75, 3.05) is 24.7 Å². The van der Waals surface area contributed by atoms with Gasteiger partial charge >= 0.3 is 0 Å². The van der Waals surface area contributed by atoms with Crippen LogP contribution in [0.3, 0.4) is 0 Å². The third kappa shape index (κ3) is 4.80. The molecule has 2 aliphatic heterocycles. The molecule has 2 aliphatic rings. The normalized spacial score (nSPS) is 20.8. The van der Waals surface area contributed by atoms with Gasteiger partial charge in [0.25, 0.3) is 0 Å². The number of sulfone groups is 1. The van der Waals surface area contributed by atoms with Crippen LogP contribution in [0, 0.1) is 0 Å². The van der Waals surface area contributed by atoms with Crippen molar-refractivity contribution < 1.29 is 26.4 Å². The molecule has 4 rings (SSSR count). The Morgan fingerprint density at radius 2 is 1.88 bits per heavy atom. The smallest absolute Gasteiger partial charge is 0.245 e. The van der Waals surface area contributed by atoms with E-state index in [1.165, 1.54) is 23.2 Å². The molecular weight excluding hydrogens is 478 g/mol. The van der Waals surface area contributed by atoms with Crippen molar-refractivity contribution in [2.24, 2.45) is 0 Å². The highest BCUT2D eigenvalue weighted by Gasteiger charge is 2.34. The van der Waals surface area contributed by atoms with Gasteiger partial charge in [0, 0.05) is 17.8 Å². The number of hydrogen-bond acceptors (Lipinski definition) is 6. The number of carbonyl (C=O) groups excluding carboxylic acids is 2. The van der Waals surface area contributed by atoms with Crippen molar-refractivity contribution in [3.05, 3.63) is 53.7 Å². The van der Waals surface area contributed by atoms with Gasteiger partial charge in [-0.15, -0.1) is 0 Å². The minimum Gasteiger partial charge on any atom is -0.326 e. The number of amides is 2. The number of fused-ring (bicyclic) bond motifs is 1. The first kappa shape index (κ1) is 22.7. The van der Waals surface area contributed by atoms with Crippen molar-refractivity contribution >= 4 is 54.0 Å². The summed E-state index contributed by atoms with van der Waals surface area (Å²) in [6, 6.07) is 8.55. The number of hydrogen-bond donors (Lipinski definition) is 1. The average molecular weight is 498 g/mol. The zero-order valence-corrected chi connectivity index (χ0v) is 19.2. The lowest BCUT2D eigenvalue weighted by molar-refractivity contribution is -0.138. The van der Waals surface area contributed by atoms with Crippen molar-refractivity contribution in [2.45, 2.75) is 17.4 Å². The van der Waals surface area contributed by atoms with Crippen LogP contribution in [0.5, 0.6) is 0 Å². The third-order valence-corrected chi connectivity index (χ3v) is 8.52. The van der Waals surface area contributed by atoms with Crippen LogP contribution < -0.4 is 4.72 Å². The summed E-state index contributed by atoms with van der Waals surface area (Å²) in [6.07, 6.45) is 3.13. The first-order valence-electron chi connectivity index (χ1n) is 9.71. The second kappa shape index (κ2) is 8.47. The van der Waals surface area contributed by atoms with Gasteiger partial charge < -0.3 is 9.80 Å². The Balaban J connectivity index is 1.47. The molecule has 2 heterocycles. The molecule has 0 aromatic heterocycles. The maximum Gasteiger partial charge on any atom is 0.245 e. The number of carbonyl (C=O) groups is 2. The first-order valence-corrected chi connectivity index (χ1v) is 13.4. The molecule has 0 saturated carbocycles. The fourth-order valence-electron chi connectivity index (χ4n) is 3.60. The Morgan fingerprint density at radius 1 is 1.16 bits per heavy atom. The monoisotopic (exact) mass is 497 g/mol. The minimum absolute atomic E-state index is 0.000393. The van der Waals surface area contributed by atoms with Crippen molar-refractivity contribution in [3.63, 3.8) is 0 Å². The molecule has 1 atom stereocenters. The van der Waals surface area contributed by atoms with E-state index in [4.69, 9.17) is 11.6 Å². The number of sulfonamides is 1. The van der Waals surface area contributed by atoms with E-state index >= 15 is 0 Å². The lowest BCUT2D eigenvalue weighted by atomic mass is 10.1. The Labute approximate surface area is 190 Å². The van der Waals surface area contributed by atoms with Crippen LogP contribution in [0.1, 0.15) is 6.42 Å². The second-order valence-corrected chi connectivity index (χ2v) is 12.0. The average Bonchev–Trinajstić information content (AvgIpc) is 3.10. The molecule has 0 spiro atoms. The molecule has 1 fully saturated rings. The molecule has 1 saturated heterocycles. The van der Waals surface area contributed by atoms with Gasteiger partial charge in [-0.1, -0.05) is 29.8 Å². The lowest BCUT2D eigenvalue weighted by Gasteiger charge is -2.28. The summed E-state index contributed by atoms with van der Waals surface area (Å²) < 4.78 is 51.3. The predicted octanol–water partition coefficient (Wildman–Crippen LogP) is 1.10. The largest absolute Gasteiger partial charge is 0.326 e. The molecule has 170 valence electrons. The van der Waals surface area contributed by atoms with Crippen molar-refractivity contribution in [1.82, 2.24) is 14.5 Å². The van der Waals surface area contributed by atoms with E-state index in [0.29, 0.717) is 10.4 Å². The molecular formula is C20H20ClN3O6S2. The molecule has 32 heavy (non-hydrogen) atoms. The van der Waals surface area contributed by atoms with Crippen LogP contribution >= 0.6 is 11.6 Å². The SMILES string of the molecule is O=C1[C@@H](NS(=O)(=O)c2ccc3cc(Cl)ccc3c2)CC=CN1CC(=O)N1CCS(=O)(=O)C1. The predicted molar refractivity (Wildman–Crippen MR) is 119 cm³/mol. The van der Waals surface area contributed by atoms with E-state index in [0.717, 1.165) is 10.3 Å². The number of benzene rings is 2. The highest BCUT2D eigenvalue weighted by Crippen LogP contribution is 2.23. The fraction of sp³-hybridized carbons (Fsp3) is 0.300. The van der Waals surface area contributed by atoms with Crippen LogP contribution in [0.4, 0.5) is 0 Å². The van der Waals surface area contributed by atoms with E-state index in [9.17, 15) is 26.4 Å². The molecule has 2 aromatic rings. The molecule has 0 aliphatic carbocycles. The summed E-state index contributed by atoms with van der Waals surface area (Å²) in [5, 5.41) is 1.99. The third-order valence-electron chi connectivity index (χ3n) is 5.30. The number of nitrogens with one attached hydrogen (secondary N) is 1. The first-order chi connectivity index (χ1) is 15.0. The topological polar surface area (TPSA) is 121 Å². The number of nitrogens with zero attached hydrogens (tertiary/aromatic N) is 2. The molecule has 2 aromatic carbocycles. The van der Waals surface area contributed by atoms with Gasteiger partial charge in [0.2, 0.25) is 21.8 Å². The summed E-state index contributed by atoms with van der Waals surface area (Å²) in [7, 11) is -7.31. The van der Waals surface area contributed by atoms with E-state index < -0.39 is 37.7 Å². The van der Waals surface area contributed by atoms with E-state index in [-0.39, 0.29) is 36.0 Å².